The van der Waals surface area contributed by atoms with E-state index in [1.54, 1.807) is 0 Å². The minimum Gasteiger partial charge on any atom is -0.396 e. The first-order valence-corrected chi connectivity index (χ1v) is 8.34. The van der Waals surface area contributed by atoms with Gasteiger partial charge in [0.1, 0.15) is 0 Å². The predicted octanol–water partition coefficient (Wildman–Crippen LogP) is 3.29. The zero-order valence-electron chi connectivity index (χ0n) is 10.6. The molecule has 1 aliphatic rings. The van der Waals surface area contributed by atoms with Gasteiger partial charge in [-0.25, -0.2) is 0 Å². The van der Waals surface area contributed by atoms with Crippen LogP contribution >= 0.6 is 38.5 Å². The van der Waals surface area contributed by atoms with E-state index in [1.807, 2.05) is 23.1 Å². The molecule has 0 aromatic heterocycles. The van der Waals surface area contributed by atoms with Crippen LogP contribution in [0, 0.1) is 9.49 Å². The van der Waals surface area contributed by atoms with Crippen LogP contribution in [0.2, 0.25) is 0 Å². The van der Waals surface area contributed by atoms with Gasteiger partial charge in [0, 0.05) is 27.7 Å². The molecule has 2 rings (SSSR count). The van der Waals surface area contributed by atoms with Gasteiger partial charge in [-0.15, -0.1) is 0 Å². The highest BCUT2D eigenvalue weighted by molar-refractivity contribution is 14.1. The van der Waals surface area contributed by atoms with E-state index in [-0.39, 0.29) is 12.5 Å². The molecule has 0 radical (unpaired) electrons. The summed E-state index contributed by atoms with van der Waals surface area (Å²) in [5.41, 5.74) is 0.764. The second kappa shape index (κ2) is 7.04. The summed E-state index contributed by atoms with van der Waals surface area (Å²) in [6.07, 6.45) is 2.93. The van der Waals surface area contributed by atoms with Crippen molar-refractivity contribution in [2.45, 2.75) is 19.3 Å². The predicted molar refractivity (Wildman–Crippen MR) is 87.2 cm³/mol. The fraction of sp³-hybridized carbons (Fsp3) is 0.500. The zero-order valence-corrected chi connectivity index (χ0v) is 14.4. The summed E-state index contributed by atoms with van der Waals surface area (Å²) in [6.45, 7) is 1.80. The summed E-state index contributed by atoms with van der Waals surface area (Å²) >= 11 is 5.62. The average Bonchev–Trinajstić information content (AvgIpc) is 2.41. The van der Waals surface area contributed by atoms with Crippen LogP contribution in [0.25, 0.3) is 0 Å². The smallest absolute Gasteiger partial charge is 0.254 e. The number of rotatable bonds is 3. The maximum atomic E-state index is 12.6. The number of aliphatic hydroxyl groups excluding tert-OH is 1. The van der Waals surface area contributed by atoms with Crippen molar-refractivity contribution < 1.29 is 9.90 Å². The van der Waals surface area contributed by atoms with Gasteiger partial charge < -0.3 is 10.0 Å². The first-order valence-electron chi connectivity index (χ1n) is 6.47. The molecule has 104 valence electrons. The first-order chi connectivity index (χ1) is 9.11. The van der Waals surface area contributed by atoms with E-state index in [0.29, 0.717) is 5.92 Å². The number of halogens is 2. The Morgan fingerprint density at radius 2 is 2.32 bits per heavy atom. The number of carbonyl (C=O) groups is 1. The van der Waals surface area contributed by atoms with Crippen molar-refractivity contribution >= 4 is 44.4 Å². The lowest BCUT2D eigenvalue weighted by atomic mass is 9.94. The van der Waals surface area contributed by atoms with Crippen molar-refractivity contribution in [3.63, 3.8) is 0 Å². The lowest BCUT2D eigenvalue weighted by Gasteiger charge is -2.32. The molecule has 1 unspecified atom stereocenters. The van der Waals surface area contributed by atoms with Gasteiger partial charge in [0.25, 0.3) is 5.91 Å². The fourth-order valence-corrected chi connectivity index (χ4v) is 3.43. The molecule has 1 heterocycles. The Kier molecular flexibility index (Phi) is 5.65. The Morgan fingerprint density at radius 3 is 3.05 bits per heavy atom. The number of piperidine rings is 1. The second-order valence-electron chi connectivity index (χ2n) is 4.90. The van der Waals surface area contributed by atoms with Crippen LogP contribution in [0.5, 0.6) is 0 Å². The quantitative estimate of drug-likeness (QED) is 0.737. The number of aliphatic hydroxyl groups is 1. The SMILES string of the molecule is O=C(c1cc(Br)ccc1I)N1CCCC(CCO)C1. The number of nitrogens with zero attached hydrogens (tertiary/aromatic N) is 1. The van der Waals surface area contributed by atoms with Gasteiger partial charge >= 0.3 is 0 Å². The summed E-state index contributed by atoms with van der Waals surface area (Å²) in [5.74, 6) is 0.542. The summed E-state index contributed by atoms with van der Waals surface area (Å²) in [6, 6.07) is 5.79. The molecule has 0 bridgehead atoms. The molecule has 0 aliphatic carbocycles. The molecule has 3 nitrogen and oxygen atoms in total. The minimum absolute atomic E-state index is 0.105. The van der Waals surface area contributed by atoms with Crippen LogP contribution in [-0.4, -0.2) is 35.6 Å². The van der Waals surface area contributed by atoms with Gasteiger partial charge in [0.15, 0.2) is 0 Å². The Labute approximate surface area is 135 Å². The number of carbonyl (C=O) groups excluding carboxylic acids is 1. The molecule has 1 aromatic carbocycles. The highest BCUT2D eigenvalue weighted by Gasteiger charge is 2.25. The molecule has 1 aliphatic heterocycles. The van der Waals surface area contributed by atoms with Crippen molar-refractivity contribution in [2.75, 3.05) is 19.7 Å². The average molecular weight is 438 g/mol. The highest BCUT2D eigenvalue weighted by Crippen LogP contribution is 2.24. The molecule has 1 N–H and O–H groups in total. The maximum absolute atomic E-state index is 12.6. The molecule has 1 amide bonds. The van der Waals surface area contributed by atoms with Crippen molar-refractivity contribution in [1.29, 1.82) is 0 Å². The second-order valence-corrected chi connectivity index (χ2v) is 6.97. The summed E-state index contributed by atoms with van der Waals surface area (Å²) in [7, 11) is 0. The fourth-order valence-electron chi connectivity index (χ4n) is 2.50. The Morgan fingerprint density at radius 1 is 1.53 bits per heavy atom. The normalized spacial score (nSPS) is 19.5. The van der Waals surface area contributed by atoms with Gasteiger partial charge in [0.2, 0.25) is 0 Å². The third-order valence-electron chi connectivity index (χ3n) is 3.50. The van der Waals surface area contributed by atoms with E-state index >= 15 is 0 Å². The van der Waals surface area contributed by atoms with Gasteiger partial charge in [-0.3, -0.25) is 4.79 Å². The lowest BCUT2D eigenvalue weighted by molar-refractivity contribution is 0.0652. The van der Waals surface area contributed by atoms with Gasteiger partial charge in [-0.05, 0) is 66.0 Å². The van der Waals surface area contributed by atoms with Gasteiger partial charge in [0.05, 0.1) is 5.56 Å². The topological polar surface area (TPSA) is 40.5 Å². The van der Waals surface area contributed by atoms with Crippen molar-refractivity contribution in [1.82, 2.24) is 4.90 Å². The molecule has 5 heteroatoms. The van der Waals surface area contributed by atoms with Crippen LogP contribution in [0.4, 0.5) is 0 Å². The van der Waals surface area contributed by atoms with E-state index in [2.05, 4.69) is 38.5 Å². The van der Waals surface area contributed by atoms with E-state index in [1.165, 1.54) is 0 Å². The lowest BCUT2D eigenvalue weighted by Crippen LogP contribution is -2.40. The number of benzene rings is 1. The van der Waals surface area contributed by atoms with Crippen LogP contribution in [-0.2, 0) is 0 Å². The van der Waals surface area contributed by atoms with E-state index in [0.717, 1.165) is 46.0 Å². The van der Waals surface area contributed by atoms with Gasteiger partial charge in [-0.1, -0.05) is 15.9 Å². The molecular weight excluding hydrogens is 421 g/mol. The summed E-state index contributed by atoms with van der Waals surface area (Å²) in [5, 5.41) is 9.03. The maximum Gasteiger partial charge on any atom is 0.254 e. The van der Waals surface area contributed by atoms with Crippen LogP contribution in [0.1, 0.15) is 29.6 Å². The van der Waals surface area contributed by atoms with Crippen molar-refractivity contribution in [2.24, 2.45) is 5.92 Å². The third-order valence-corrected chi connectivity index (χ3v) is 4.94. The molecule has 19 heavy (non-hydrogen) atoms. The summed E-state index contributed by atoms with van der Waals surface area (Å²) < 4.78 is 1.91. The number of hydrogen-bond acceptors (Lipinski definition) is 2. The van der Waals surface area contributed by atoms with Gasteiger partial charge in [-0.2, -0.15) is 0 Å². The first kappa shape index (κ1) is 15.3. The monoisotopic (exact) mass is 437 g/mol. The number of likely N-dealkylation sites (tertiary alicyclic amines) is 1. The zero-order chi connectivity index (χ0) is 13.8. The molecule has 1 atom stereocenters. The van der Waals surface area contributed by atoms with E-state index < -0.39 is 0 Å². The van der Waals surface area contributed by atoms with Crippen LogP contribution in [0.3, 0.4) is 0 Å². The molecule has 0 saturated carbocycles. The Hall–Kier alpha value is -0.140. The van der Waals surface area contributed by atoms with Crippen LogP contribution in [0.15, 0.2) is 22.7 Å². The standard InChI is InChI=1S/C14H17BrINO2/c15-11-3-4-13(16)12(8-11)14(19)17-6-1-2-10(9-17)5-7-18/h3-4,8,10,18H,1-2,5-7,9H2. The molecule has 1 saturated heterocycles. The number of amides is 1. The molecule has 1 fully saturated rings. The number of hydrogen-bond donors (Lipinski definition) is 1. The molecule has 1 aromatic rings. The van der Waals surface area contributed by atoms with Crippen molar-refractivity contribution in [3.8, 4) is 0 Å². The highest BCUT2D eigenvalue weighted by atomic mass is 127. The van der Waals surface area contributed by atoms with E-state index in [9.17, 15) is 4.79 Å². The molecular formula is C14H17BrINO2. The Balaban J connectivity index is 2.12. The largest absolute Gasteiger partial charge is 0.396 e. The molecule has 0 spiro atoms. The van der Waals surface area contributed by atoms with E-state index in [4.69, 9.17) is 5.11 Å². The third kappa shape index (κ3) is 3.92. The summed E-state index contributed by atoms with van der Waals surface area (Å²) in [4.78, 5) is 14.5. The van der Waals surface area contributed by atoms with Crippen molar-refractivity contribution in [3.05, 3.63) is 31.8 Å². The minimum atomic E-state index is 0.105. The van der Waals surface area contributed by atoms with Crippen LogP contribution < -0.4 is 0 Å². The Bertz CT molecular complexity index is 465.